The number of carbonyl (C=O) groups is 1. The molecule has 0 saturated carbocycles. The van der Waals surface area contributed by atoms with Gasteiger partial charge in [-0.25, -0.2) is 0 Å². The average molecular weight is 192 g/mol. The number of carboxylic acids is 1. The number of fused-ring (bicyclic) bond motifs is 1. The number of aromatic nitrogens is 2. The van der Waals surface area contributed by atoms with Crippen LogP contribution in [0.3, 0.4) is 0 Å². The van der Waals surface area contributed by atoms with E-state index in [0.717, 1.165) is 0 Å². The maximum Gasteiger partial charge on any atom is 0.325 e. The number of benzene rings is 1. The molecule has 2 aromatic rings. The van der Waals surface area contributed by atoms with Gasteiger partial charge in [0.2, 0.25) is 0 Å². The number of nitrogens with zero attached hydrogens (tertiary/aromatic N) is 2. The van der Waals surface area contributed by atoms with Gasteiger partial charge in [0.1, 0.15) is 12.3 Å². The number of rotatable bonds is 2. The van der Waals surface area contributed by atoms with Crippen molar-refractivity contribution in [2.24, 2.45) is 0 Å². The molecule has 0 saturated heterocycles. The number of hydrogen-bond donors (Lipinski definition) is 2. The van der Waals surface area contributed by atoms with E-state index in [0.29, 0.717) is 10.9 Å². The first kappa shape index (κ1) is 8.55. The van der Waals surface area contributed by atoms with E-state index in [1.807, 2.05) is 0 Å². The molecule has 14 heavy (non-hydrogen) atoms. The molecule has 1 aromatic heterocycles. The SMILES string of the molecule is O=C(O)Cn1cc2c(O)cccc2n1. The van der Waals surface area contributed by atoms with Crippen molar-refractivity contribution in [3.8, 4) is 5.75 Å². The molecule has 2 rings (SSSR count). The van der Waals surface area contributed by atoms with Gasteiger partial charge in [-0.15, -0.1) is 0 Å². The normalized spacial score (nSPS) is 10.6. The highest BCUT2D eigenvalue weighted by molar-refractivity contribution is 5.84. The lowest BCUT2D eigenvalue weighted by Gasteiger charge is -1.92. The molecule has 0 unspecified atom stereocenters. The summed E-state index contributed by atoms with van der Waals surface area (Å²) in [5, 5.41) is 22.5. The molecule has 0 atom stereocenters. The third kappa shape index (κ3) is 1.39. The van der Waals surface area contributed by atoms with Crippen molar-refractivity contribution < 1.29 is 15.0 Å². The molecule has 0 spiro atoms. The van der Waals surface area contributed by atoms with E-state index in [1.165, 1.54) is 16.9 Å². The van der Waals surface area contributed by atoms with E-state index in [-0.39, 0.29) is 12.3 Å². The third-order valence-corrected chi connectivity index (χ3v) is 1.87. The molecule has 0 aliphatic heterocycles. The van der Waals surface area contributed by atoms with E-state index < -0.39 is 5.97 Å². The molecule has 0 aliphatic carbocycles. The maximum absolute atomic E-state index is 10.4. The summed E-state index contributed by atoms with van der Waals surface area (Å²) in [6, 6.07) is 4.91. The van der Waals surface area contributed by atoms with Gasteiger partial charge in [-0.3, -0.25) is 9.48 Å². The van der Waals surface area contributed by atoms with Gasteiger partial charge in [0.05, 0.1) is 10.9 Å². The van der Waals surface area contributed by atoms with E-state index in [2.05, 4.69) is 5.10 Å². The summed E-state index contributed by atoms with van der Waals surface area (Å²) >= 11 is 0. The Morgan fingerprint density at radius 1 is 1.50 bits per heavy atom. The molecule has 1 heterocycles. The van der Waals surface area contributed by atoms with Crippen LogP contribution in [0.5, 0.6) is 5.75 Å². The van der Waals surface area contributed by atoms with Crippen LogP contribution >= 0.6 is 0 Å². The zero-order chi connectivity index (χ0) is 10.1. The number of carboxylic acid groups (broad SMARTS) is 1. The highest BCUT2D eigenvalue weighted by Gasteiger charge is 2.06. The van der Waals surface area contributed by atoms with Crippen LogP contribution in [0.1, 0.15) is 0 Å². The van der Waals surface area contributed by atoms with Crippen molar-refractivity contribution in [2.45, 2.75) is 6.54 Å². The summed E-state index contributed by atoms with van der Waals surface area (Å²) in [5.74, 6) is -0.851. The van der Waals surface area contributed by atoms with E-state index in [9.17, 15) is 9.90 Å². The highest BCUT2D eigenvalue weighted by atomic mass is 16.4. The molecule has 2 N–H and O–H groups in total. The molecule has 1 aromatic carbocycles. The number of hydrogen-bond acceptors (Lipinski definition) is 3. The first-order chi connectivity index (χ1) is 6.66. The predicted molar refractivity (Wildman–Crippen MR) is 49.0 cm³/mol. The van der Waals surface area contributed by atoms with Gasteiger partial charge < -0.3 is 10.2 Å². The highest BCUT2D eigenvalue weighted by Crippen LogP contribution is 2.22. The second-order valence-electron chi connectivity index (χ2n) is 2.93. The van der Waals surface area contributed by atoms with Crippen LogP contribution in [0.2, 0.25) is 0 Å². The molecular weight excluding hydrogens is 184 g/mol. The van der Waals surface area contributed by atoms with Gasteiger partial charge in [0.25, 0.3) is 0 Å². The Balaban J connectivity index is 2.51. The summed E-state index contributed by atoms with van der Waals surface area (Å²) in [5.41, 5.74) is 0.589. The quantitative estimate of drug-likeness (QED) is 0.738. The fourth-order valence-corrected chi connectivity index (χ4v) is 1.30. The Labute approximate surface area is 79.2 Å². The molecule has 5 nitrogen and oxygen atoms in total. The second-order valence-corrected chi connectivity index (χ2v) is 2.93. The lowest BCUT2D eigenvalue weighted by Crippen LogP contribution is -2.08. The Morgan fingerprint density at radius 2 is 2.29 bits per heavy atom. The van der Waals surface area contributed by atoms with Gasteiger partial charge in [-0.05, 0) is 12.1 Å². The van der Waals surface area contributed by atoms with Gasteiger partial charge in [0, 0.05) is 6.20 Å². The maximum atomic E-state index is 10.4. The lowest BCUT2D eigenvalue weighted by atomic mass is 10.2. The molecule has 72 valence electrons. The first-order valence-electron chi connectivity index (χ1n) is 4.04. The Morgan fingerprint density at radius 3 is 2.93 bits per heavy atom. The van der Waals surface area contributed by atoms with Crippen LogP contribution in [0, 0.1) is 0 Å². The number of aromatic hydroxyl groups is 1. The summed E-state index contributed by atoms with van der Waals surface area (Å²) in [6.45, 7) is -0.200. The minimum absolute atomic E-state index is 0.110. The van der Waals surface area contributed by atoms with E-state index in [4.69, 9.17) is 5.11 Å². The van der Waals surface area contributed by atoms with Crippen LogP contribution in [0.4, 0.5) is 0 Å². The Hall–Kier alpha value is -2.04. The summed E-state index contributed by atoms with van der Waals surface area (Å²) in [7, 11) is 0. The largest absolute Gasteiger partial charge is 0.507 e. The van der Waals surface area contributed by atoms with E-state index in [1.54, 1.807) is 12.1 Å². The van der Waals surface area contributed by atoms with Crippen LogP contribution in [-0.2, 0) is 11.3 Å². The molecule has 0 bridgehead atoms. The van der Waals surface area contributed by atoms with Crippen molar-refractivity contribution in [2.75, 3.05) is 0 Å². The van der Waals surface area contributed by atoms with Crippen LogP contribution in [0.15, 0.2) is 24.4 Å². The van der Waals surface area contributed by atoms with E-state index >= 15 is 0 Å². The van der Waals surface area contributed by atoms with Crippen molar-refractivity contribution in [3.63, 3.8) is 0 Å². The molecule has 0 fully saturated rings. The third-order valence-electron chi connectivity index (χ3n) is 1.87. The topological polar surface area (TPSA) is 75.3 Å². The summed E-state index contributed by atoms with van der Waals surface area (Å²) < 4.78 is 1.28. The van der Waals surface area contributed by atoms with Gasteiger partial charge in [-0.2, -0.15) is 5.10 Å². The van der Waals surface area contributed by atoms with Crippen molar-refractivity contribution >= 4 is 16.9 Å². The van der Waals surface area contributed by atoms with Crippen LogP contribution in [-0.4, -0.2) is 26.0 Å². The summed E-state index contributed by atoms with van der Waals surface area (Å²) in [6.07, 6.45) is 1.51. The number of phenolic OH excluding ortho intramolecular Hbond substituents is 1. The minimum Gasteiger partial charge on any atom is -0.507 e. The zero-order valence-corrected chi connectivity index (χ0v) is 7.21. The summed E-state index contributed by atoms with van der Waals surface area (Å²) in [4.78, 5) is 10.4. The molecule has 0 amide bonds. The van der Waals surface area contributed by atoms with Gasteiger partial charge >= 0.3 is 5.97 Å². The van der Waals surface area contributed by atoms with Crippen molar-refractivity contribution in [1.29, 1.82) is 0 Å². The fourth-order valence-electron chi connectivity index (χ4n) is 1.30. The van der Waals surface area contributed by atoms with Crippen LogP contribution in [0.25, 0.3) is 10.9 Å². The minimum atomic E-state index is -0.961. The number of aliphatic carboxylic acids is 1. The zero-order valence-electron chi connectivity index (χ0n) is 7.21. The van der Waals surface area contributed by atoms with Gasteiger partial charge in [0.15, 0.2) is 0 Å². The fraction of sp³-hybridized carbons (Fsp3) is 0.111. The van der Waals surface area contributed by atoms with Gasteiger partial charge in [-0.1, -0.05) is 6.07 Å². The second kappa shape index (κ2) is 3.02. The first-order valence-corrected chi connectivity index (χ1v) is 4.04. The van der Waals surface area contributed by atoms with Crippen molar-refractivity contribution in [3.05, 3.63) is 24.4 Å². The Kier molecular flexibility index (Phi) is 1.85. The smallest absolute Gasteiger partial charge is 0.325 e. The standard InChI is InChI=1S/C9H8N2O3/c12-8-3-1-2-7-6(8)4-11(10-7)5-9(13)14/h1-4,12H,5H2,(H,13,14). The molecule has 0 radical (unpaired) electrons. The van der Waals surface area contributed by atoms with Crippen molar-refractivity contribution in [1.82, 2.24) is 9.78 Å². The predicted octanol–water partition coefficient (Wildman–Crippen LogP) is 0.827. The lowest BCUT2D eigenvalue weighted by molar-refractivity contribution is -0.137. The molecular formula is C9H8N2O3. The molecule has 0 aliphatic rings. The monoisotopic (exact) mass is 192 g/mol. The average Bonchev–Trinajstić information content (AvgIpc) is 2.47. The number of phenols is 1. The van der Waals surface area contributed by atoms with Crippen LogP contribution < -0.4 is 0 Å². The molecule has 5 heteroatoms. The Bertz CT molecular complexity index is 490.